The van der Waals surface area contributed by atoms with Crippen molar-refractivity contribution in [2.45, 2.75) is 26.2 Å². The molecule has 26 aromatic rings. The number of anilines is 6. The Bertz CT molecular complexity index is 9120. The first-order chi connectivity index (χ1) is 72.5. The summed E-state index contributed by atoms with van der Waals surface area (Å²) in [6, 6.07) is 199. The number of fused-ring (bicyclic) bond motifs is 9. The first-order valence-corrected chi connectivity index (χ1v) is 50.7. The van der Waals surface area contributed by atoms with Gasteiger partial charge in [-0.3, -0.25) is 4.57 Å². The third-order valence-electron chi connectivity index (χ3n) is 28.6. The zero-order valence-corrected chi connectivity index (χ0v) is 82.1. The number of aromatic nitrogens is 2. The molecule has 0 aliphatic heterocycles. The molecule has 0 bridgehead atoms. The van der Waals surface area contributed by atoms with Crippen LogP contribution in [0.4, 0.5) is 34.1 Å². The fourth-order valence-corrected chi connectivity index (χ4v) is 21.1. The Morgan fingerprint density at radius 2 is 0.449 bits per heavy atom. The summed E-state index contributed by atoms with van der Waals surface area (Å²) in [5.41, 5.74) is 32.0. The van der Waals surface area contributed by atoms with Crippen LogP contribution in [0.5, 0.6) is 0 Å². The van der Waals surface area contributed by atoms with Gasteiger partial charge in [-0.1, -0.05) is 464 Å². The standard InChI is InChI=1S/C53H34N2.C52H40N2.C38H30/c1-2-16-44(17-3-1)55-50-21-11-10-20-49(50)54-53(55)38-26-22-37(23-27-38)41-30-31-47-48(34-41)52(43-29-25-36-13-5-7-15-40(36)33-43)46-19-9-8-18-45(46)51(47)42-28-24-35-12-4-6-14-39(35)32-42;1-5-13-47(14-6-1)53(48-15-7-2-8-16-48)51-37-29-43(30-38-51)23-21-41-25-33-45(34-26-41)46-35-27-42(28-36-46)22-24-44-31-39-52(40-32-44)54(49-17-9-3-10-18-49)50-19-11-4-12-20-50;1-38(2,3)31-20-21-34-35(24-31)37(30-19-17-26-11-5-7-13-28(26)23-30)33-15-9-8-14-32(33)36(34)29-18-16-25-10-4-6-12-27(25)22-29/h1-34H;1-40H;4-24H,1-3H3/b;23-21+,24-22+;. The Labute approximate surface area is 858 Å². The van der Waals surface area contributed by atoms with Crippen LogP contribution in [0.1, 0.15) is 48.6 Å². The average molecular weight is 1880 g/mol. The number of rotatable bonds is 18. The second-order valence-electron chi connectivity index (χ2n) is 38.9. The molecule has 4 heteroatoms. The predicted octanol–water partition coefficient (Wildman–Crippen LogP) is 39.9. The number of benzene rings is 25. The number of hydrogen-bond donors (Lipinski definition) is 0. The molecule has 0 saturated heterocycles. The van der Waals surface area contributed by atoms with E-state index in [0.717, 1.165) is 78.9 Å². The van der Waals surface area contributed by atoms with E-state index in [9.17, 15) is 0 Å². The van der Waals surface area contributed by atoms with Crippen LogP contribution in [-0.4, -0.2) is 9.55 Å². The highest BCUT2D eigenvalue weighted by Gasteiger charge is 2.25. The maximum atomic E-state index is 5.12. The van der Waals surface area contributed by atoms with E-state index < -0.39 is 0 Å². The van der Waals surface area contributed by atoms with Crippen LogP contribution in [-0.2, 0) is 5.41 Å². The molecular formula is C143H104N4. The summed E-state index contributed by atoms with van der Waals surface area (Å²) in [6.45, 7) is 6.90. The van der Waals surface area contributed by atoms with Crippen molar-refractivity contribution in [1.82, 2.24) is 9.55 Å². The zero-order chi connectivity index (χ0) is 98.5. The van der Waals surface area contributed by atoms with Crippen LogP contribution in [0.2, 0.25) is 0 Å². The smallest absolute Gasteiger partial charge is 0.145 e. The Hall–Kier alpha value is -18.9. The minimum absolute atomic E-state index is 0.0591. The van der Waals surface area contributed by atoms with E-state index in [0.29, 0.717) is 0 Å². The van der Waals surface area contributed by atoms with Crippen molar-refractivity contribution >= 4 is 156 Å². The first kappa shape index (κ1) is 90.7. The predicted molar refractivity (Wildman–Crippen MR) is 631 cm³/mol. The monoisotopic (exact) mass is 1880 g/mol. The van der Waals surface area contributed by atoms with E-state index in [-0.39, 0.29) is 5.41 Å². The number of imidazole rings is 1. The maximum absolute atomic E-state index is 5.12. The van der Waals surface area contributed by atoms with Gasteiger partial charge in [0.1, 0.15) is 5.82 Å². The Kier molecular flexibility index (Phi) is 24.8. The Morgan fingerprint density at radius 1 is 0.190 bits per heavy atom. The lowest BCUT2D eigenvalue weighted by atomic mass is 9.81. The van der Waals surface area contributed by atoms with Gasteiger partial charge in [-0.15, -0.1) is 0 Å². The van der Waals surface area contributed by atoms with Crippen molar-refractivity contribution < 1.29 is 0 Å². The van der Waals surface area contributed by atoms with Gasteiger partial charge in [0.05, 0.1) is 11.0 Å². The molecule has 0 amide bonds. The average Bonchev–Trinajstić information content (AvgIpc) is 1.54. The highest BCUT2D eigenvalue weighted by Crippen LogP contribution is 2.50. The molecule has 0 atom stereocenters. The van der Waals surface area contributed by atoms with E-state index in [1.807, 2.05) is 0 Å². The maximum Gasteiger partial charge on any atom is 0.145 e. The lowest BCUT2D eigenvalue weighted by molar-refractivity contribution is 0.591. The van der Waals surface area contributed by atoms with Gasteiger partial charge >= 0.3 is 0 Å². The van der Waals surface area contributed by atoms with Gasteiger partial charge in [0.2, 0.25) is 0 Å². The quantitative estimate of drug-likeness (QED) is 0.0632. The molecule has 1 heterocycles. The van der Waals surface area contributed by atoms with Crippen LogP contribution in [0.15, 0.2) is 552 Å². The van der Waals surface area contributed by atoms with E-state index in [4.69, 9.17) is 4.98 Å². The molecule has 0 spiro atoms. The van der Waals surface area contributed by atoms with Crippen LogP contribution < -0.4 is 9.80 Å². The molecule has 0 N–H and O–H groups in total. The summed E-state index contributed by atoms with van der Waals surface area (Å²) >= 11 is 0. The molecule has 0 unspecified atom stereocenters. The highest BCUT2D eigenvalue weighted by molar-refractivity contribution is 6.24. The lowest BCUT2D eigenvalue weighted by Gasteiger charge is -2.25. The number of nitrogens with zero attached hydrogens (tertiary/aromatic N) is 4. The molecule has 147 heavy (non-hydrogen) atoms. The molecule has 1 aromatic heterocycles. The summed E-state index contributed by atoms with van der Waals surface area (Å²) in [7, 11) is 0. The fourth-order valence-electron chi connectivity index (χ4n) is 21.1. The minimum Gasteiger partial charge on any atom is -0.311 e. The van der Waals surface area contributed by atoms with Gasteiger partial charge in [-0.25, -0.2) is 4.98 Å². The van der Waals surface area contributed by atoms with E-state index in [1.165, 1.54) is 164 Å². The van der Waals surface area contributed by atoms with Crippen LogP contribution >= 0.6 is 0 Å². The molecule has 0 radical (unpaired) electrons. The molecule has 4 nitrogen and oxygen atoms in total. The topological polar surface area (TPSA) is 24.3 Å². The highest BCUT2D eigenvalue weighted by atomic mass is 15.1. The molecule has 25 aromatic carbocycles. The Balaban J connectivity index is 0.000000120. The fraction of sp³-hybridized carbons (Fsp3) is 0.0280. The normalized spacial score (nSPS) is 11.6. The van der Waals surface area contributed by atoms with E-state index in [2.05, 4.69) is 611 Å². The van der Waals surface area contributed by atoms with Crippen LogP contribution in [0.25, 0.3) is 205 Å². The van der Waals surface area contributed by atoms with Crippen molar-refractivity contribution in [2.24, 2.45) is 0 Å². The van der Waals surface area contributed by atoms with Crippen molar-refractivity contribution in [2.75, 3.05) is 9.80 Å². The third-order valence-corrected chi connectivity index (χ3v) is 28.6. The minimum atomic E-state index is 0.0591. The van der Waals surface area contributed by atoms with Crippen molar-refractivity contribution in [3.05, 3.63) is 580 Å². The number of para-hydroxylation sites is 7. The SMILES string of the molecule is C(=C\c1ccc(N(c2ccccc2)c2ccccc2)cc1)/c1ccc(-c2ccc(/C=C/c3ccc(N(c4ccccc4)c4ccccc4)cc3)cc2)cc1.CC(C)(C)c1ccc2c(-c3ccc4ccccc4c3)c3ccccc3c(-c3ccc4ccccc4c3)c2c1.c1ccc(-n2c(-c3ccc(-c4ccc5c(-c6ccc7ccccc7c6)c6ccccc6c(-c6ccc7ccccc7c6)c5c4)cc3)nc3ccccc32)cc1. The summed E-state index contributed by atoms with van der Waals surface area (Å²) in [6.07, 6.45) is 8.69. The molecule has 0 aliphatic carbocycles. The van der Waals surface area contributed by atoms with Gasteiger partial charge in [0, 0.05) is 45.4 Å². The molecular weight excluding hydrogens is 1770 g/mol. The second-order valence-corrected chi connectivity index (χ2v) is 38.9. The van der Waals surface area contributed by atoms with Gasteiger partial charge < -0.3 is 9.80 Å². The summed E-state index contributed by atoms with van der Waals surface area (Å²) in [4.78, 5) is 9.67. The number of hydrogen-bond acceptors (Lipinski definition) is 3. The van der Waals surface area contributed by atoms with Crippen LogP contribution in [0.3, 0.4) is 0 Å². The summed E-state index contributed by atoms with van der Waals surface area (Å²) in [5, 5.41) is 20.3. The van der Waals surface area contributed by atoms with Crippen molar-refractivity contribution in [3.8, 4) is 83.8 Å². The lowest BCUT2D eigenvalue weighted by Crippen LogP contribution is -2.10. The molecule has 0 aliphatic rings. The molecule has 696 valence electrons. The van der Waals surface area contributed by atoms with E-state index >= 15 is 0 Å². The van der Waals surface area contributed by atoms with Gasteiger partial charge in [0.25, 0.3) is 0 Å². The molecule has 26 rings (SSSR count). The van der Waals surface area contributed by atoms with Crippen LogP contribution in [0, 0.1) is 0 Å². The summed E-state index contributed by atoms with van der Waals surface area (Å²) < 4.78 is 2.26. The van der Waals surface area contributed by atoms with Gasteiger partial charge in [0.15, 0.2) is 0 Å². The first-order valence-electron chi connectivity index (χ1n) is 50.7. The Morgan fingerprint density at radius 3 is 0.816 bits per heavy atom. The van der Waals surface area contributed by atoms with Crippen molar-refractivity contribution in [1.29, 1.82) is 0 Å². The molecule has 0 fully saturated rings. The van der Waals surface area contributed by atoms with Gasteiger partial charge in [-0.05, 0) is 320 Å². The van der Waals surface area contributed by atoms with E-state index in [1.54, 1.807) is 0 Å². The summed E-state index contributed by atoms with van der Waals surface area (Å²) in [5.74, 6) is 0.933. The third kappa shape index (κ3) is 18.7. The van der Waals surface area contributed by atoms with Crippen molar-refractivity contribution in [3.63, 3.8) is 0 Å². The zero-order valence-electron chi connectivity index (χ0n) is 82.1. The molecule has 0 saturated carbocycles. The largest absolute Gasteiger partial charge is 0.311 e. The second kappa shape index (κ2) is 40.3. The van der Waals surface area contributed by atoms with Gasteiger partial charge in [-0.2, -0.15) is 0 Å².